The average molecular weight is 587 g/mol. The third-order valence-corrected chi connectivity index (χ3v) is 11.7. The highest BCUT2D eigenvalue weighted by atomic mass is 16.3. The molecule has 2 heteroatoms. The first-order chi connectivity index (χ1) is 19.6. The molecule has 0 aromatic rings. The van der Waals surface area contributed by atoms with Crippen LogP contribution in [0.5, 0.6) is 0 Å². The van der Waals surface area contributed by atoms with Gasteiger partial charge < -0.3 is 10.2 Å². The molecule has 2 aliphatic rings. The highest BCUT2D eigenvalue weighted by Crippen LogP contribution is 2.45. The molecule has 0 saturated carbocycles. The molecule has 0 aliphatic heterocycles. The molecular weight excluding hydrogens is 512 g/mol. The fourth-order valence-corrected chi connectivity index (χ4v) is 8.88. The van der Waals surface area contributed by atoms with E-state index < -0.39 is 0 Å². The summed E-state index contributed by atoms with van der Waals surface area (Å²) in [7, 11) is 0. The molecule has 0 aromatic heterocycles. The summed E-state index contributed by atoms with van der Waals surface area (Å²) in [4.78, 5) is 0. The number of aliphatic hydroxyl groups is 2. The second-order valence-corrected chi connectivity index (χ2v) is 17.2. The van der Waals surface area contributed by atoms with Gasteiger partial charge in [0.15, 0.2) is 0 Å². The number of unbranched alkanes of at least 4 members (excludes halogenated alkanes) is 1. The Kier molecular flexibility index (Phi) is 15.9. The molecule has 0 saturated heterocycles. The third-order valence-electron chi connectivity index (χ3n) is 11.7. The molecule has 0 spiro atoms. The van der Waals surface area contributed by atoms with Crippen LogP contribution in [-0.4, -0.2) is 22.4 Å². The first kappa shape index (κ1) is 37.6. The van der Waals surface area contributed by atoms with Crippen molar-refractivity contribution in [3.8, 4) is 0 Å². The predicted molar refractivity (Wildman–Crippen MR) is 185 cm³/mol. The van der Waals surface area contributed by atoms with Crippen molar-refractivity contribution in [2.75, 3.05) is 0 Å². The Morgan fingerprint density at radius 2 is 0.833 bits per heavy atom. The summed E-state index contributed by atoms with van der Waals surface area (Å²) < 4.78 is 0. The fraction of sp³-hybridized carbons (Fsp3) is 0.900. The monoisotopic (exact) mass is 587 g/mol. The maximum atomic E-state index is 10.1. The van der Waals surface area contributed by atoms with Crippen LogP contribution < -0.4 is 0 Å². The lowest BCUT2D eigenvalue weighted by molar-refractivity contribution is 0.0946. The van der Waals surface area contributed by atoms with Gasteiger partial charge in [-0.1, -0.05) is 156 Å². The Labute approximate surface area is 263 Å². The van der Waals surface area contributed by atoms with Crippen LogP contribution in [0.3, 0.4) is 0 Å². The average Bonchev–Trinajstić information content (AvgIpc) is 2.84. The lowest BCUT2D eigenvalue weighted by atomic mass is 9.65. The van der Waals surface area contributed by atoms with E-state index in [1.165, 1.54) is 101 Å². The van der Waals surface area contributed by atoms with Crippen LogP contribution in [0.25, 0.3) is 0 Å². The molecule has 2 nitrogen and oxygen atoms in total. The van der Waals surface area contributed by atoms with Gasteiger partial charge in [0, 0.05) is 0 Å². The first-order valence-electron chi connectivity index (χ1n) is 18.3. The molecule has 0 unspecified atom stereocenters. The molecule has 2 N–H and O–H groups in total. The second-order valence-electron chi connectivity index (χ2n) is 17.2. The van der Waals surface area contributed by atoms with Gasteiger partial charge in [0.2, 0.25) is 0 Å². The van der Waals surface area contributed by atoms with Crippen LogP contribution in [0.15, 0.2) is 23.3 Å². The molecule has 246 valence electrons. The number of aliphatic hydroxyl groups excluding tert-OH is 2. The van der Waals surface area contributed by atoms with Crippen molar-refractivity contribution in [1.29, 1.82) is 0 Å². The Bertz CT molecular complexity index is 751. The van der Waals surface area contributed by atoms with Crippen LogP contribution in [-0.2, 0) is 0 Å². The molecule has 0 fully saturated rings. The molecule has 2 rings (SSSR count). The summed E-state index contributed by atoms with van der Waals surface area (Å²) in [6.07, 6.45) is 24.6. The van der Waals surface area contributed by atoms with Gasteiger partial charge in [-0.2, -0.15) is 0 Å². The lowest BCUT2D eigenvalue weighted by Gasteiger charge is -2.41. The highest BCUT2D eigenvalue weighted by molar-refractivity contribution is 5.16. The number of hydrogen-bond donors (Lipinski definition) is 2. The molecule has 0 radical (unpaired) electrons. The highest BCUT2D eigenvalue weighted by Gasteiger charge is 2.36. The van der Waals surface area contributed by atoms with Crippen LogP contribution in [0, 0.1) is 46.3 Å². The van der Waals surface area contributed by atoms with Crippen molar-refractivity contribution in [3.63, 3.8) is 0 Å². The molecule has 42 heavy (non-hydrogen) atoms. The molecule has 0 heterocycles. The summed E-state index contributed by atoms with van der Waals surface area (Å²) in [5.41, 5.74) is 3.26. The van der Waals surface area contributed by atoms with Gasteiger partial charge in [0.05, 0.1) is 12.2 Å². The molecule has 0 aromatic carbocycles. The summed E-state index contributed by atoms with van der Waals surface area (Å²) in [5.74, 6) is 4.62. The maximum Gasteiger partial charge on any atom is 0.0728 e. The molecule has 0 bridgehead atoms. The van der Waals surface area contributed by atoms with E-state index in [4.69, 9.17) is 0 Å². The molecule has 8 atom stereocenters. The zero-order chi connectivity index (χ0) is 31.5. The lowest BCUT2D eigenvalue weighted by Crippen LogP contribution is -2.33. The Morgan fingerprint density at radius 1 is 0.548 bits per heavy atom. The number of rotatable bonds is 19. The summed E-state index contributed by atoms with van der Waals surface area (Å²) in [6, 6.07) is 0. The maximum absolute atomic E-state index is 10.1. The van der Waals surface area contributed by atoms with Gasteiger partial charge in [-0.15, -0.1) is 0 Å². The topological polar surface area (TPSA) is 40.5 Å². The van der Waals surface area contributed by atoms with Crippen molar-refractivity contribution < 1.29 is 10.2 Å². The smallest absolute Gasteiger partial charge is 0.0728 e. The normalized spacial score (nSPS) is 28.5. The van der Waals surface area contributed by atoms with Crippen molar-refractivity contribution in [2.45, 2.75) is 184 Å². The number of allylic oxidation sites excluding steroid dienone is 2. The van der Waals surface area contributed by atoms with E-state index in [0.717, 1.165) is 36.5 Å². The molecular formula is C40H74O2. The van der Waals surface area contributed by atoms with Crippen LogP contribution in [0.1, 0.15) is 172 Å². The van der Waals surface area contributed by atoms with Crippen molar-refractivity contribution in [3.05, 3.63) is 23.3 Å². The quantitative estimate of drug-likeness (QED) is 0.117. The largest absolute Gasteiger partial charge is 0.389 e. The van der Waals surface area contributed by atoms with E-state index in [1.54, 1.807) is 0 Å². The van der Waals surface area contributed by atoms with E-state index in [9.17, 15) is 10.2 Å². The van der Waals surface area contributed by atoms with E-state index in [0.29, 0.717) is 11.8 Å². The second kappa shape index (κ2) is 17.8. The van der Waals surface area contributed by atoms with Crippen LogP contribution in [0.2, 0.25) is 0 Å². The van der Waals surface area contributed by atoms with E-state index in [2.05, 4.69) is 81.4 Å². The Hall–Kier alpha value is -0.600. The minimum Gasteiger partial charge on any atom is -0.389 e. The van der Waals surface area contributed by atoms with E-state index in [1.807, 2.05) is 0 Å². The Balaban J connectivity index is 1.50. The Morgan fingerprint density at radius 3 is 1.14 bits per heavy atom. The summed E-state index contributed by atoms with van der Waals surface area (Å²) in [5, 5.41) is 20.3. The van der Waals surface area contributed by atoms with Crippen LogP contribution >= 0.6 is 0 Å². The van der Waals surface area contributed by atoms with Gasteiger partial charge in [0.25, 0.3) is 0 Å². The van der Waals surface area contributed by atoms with E-state index >= 15 is 0 Å². The van der Waals surface area contributed by atoms with Crippen molar-refractivity contribution >= 4 is 0 Å². The number of hydrogen-bond acceptors (Lipinski definition) is 2. The molecule has 0 amide bonds. The zero-order valence-corrected chi connectivity index (χ0v) is 30.0. The van der Waals surface area contributed by atoms with Crippen molar-refractivity contribution in [1.82, 2.24) is 0 Å². The van der Waals surface area contributed by atoms with Gasteiger partial charge in [-0.05, 0) is 85.9 Å². The first-order valence-corrected chi connectivity index (χ1v) is 18.3. The van der Waals surface area contributed by atoms with Gasteiger partial charge in [-0.25, -0.2) is 0 Å². The third kappa shape index (κ3) is 13.2. The van der Waals surface area contributed by atoms with Gasteiger partial charge in [0.1, 0.15) is 0 Å². The minimum atomic E-state index is -0.248. The van der Waals surface area contributed by atoms with Crippen LogP contribution in [0.4, 0.5) is 0 Å². The standard InChI is InChI=1S/C40H74O2/c1-29(17-13-19-31(3)21-23-37-33(5)25-35(41)27-39(37,7)8)15-11-12-16-30(2)18-14-20-32(4)22-24-38-34(6)26-36(42)28-40(38,9)10/h25-26,29-32,35-38,41-42H,11-24,27-28H2,1-10H3/t29-,30-,31-,32+,35+,36+,37+,38-/m0/s1. The van der Waals surface area contributed by atoms with Crippen molar-refractivity contribution in [2.24, 2.45) is 46.3 Å². The fourth-order valence-electron chi connectivity index (χ4n) is 8.88. The summed E-state index contributed by atoms with van der Waals surface area (Å²) >= 11 is 0. The predicted octanol–water partition coefficient (Wildman–Crippen LogP) is 11.7. The van der Waals surface area contributed by atoms with Gasteiger partial charge >= 0.3 is 0 Å². The van der Waals surface area contributed by atoms with E-state index in [-0.39, 0.29) is 23.0 Å². The SMILES string of the molecule is CC1=C[C@@H](O)CC(C)(C)[C@@H]1CC[C@@H](C)CCC[C@@H](C)CCCC[C@H](C)CCC[C@@H](C)CC[C@H]1C(C)=C[C@@H](O)CC1(C)C. The van der Waals surface area contributed by atoms with Gasteiger partial charge in [-0.3, -0.25) is 0 Å². The minimum absolute atomic E-state index is 0.220. The summed E-state index contributed by atoms with van der Waals surface area (Å²) in [6.45, 7) is 23.7. The molecule has 2 aliphatic carbocycles. The zero-order valence-electron chi connectivity index (χ0n) is 30.0.